The van der Waals surface area contributed by atoms with Crippen molar-refractivity contribution < 1.29 is 9.90 Å². The standard InChI is InChI=1S/C14H19N3O2/c1-11(6-7-18)9-17-14(19)10-16-13-4-2-12(8-15)3-5-13/h2-5,11,16,18H,6-7,9-10H2,1H3,(H,17,19). The highest BCUT2D eigenvalue weighted by Crippen LogP contribution is 2.07. The first kappa shape index (κ1) is 15.0. The van der Waals surface area contributed by atoms with Crippen molar-refractivity contribution in [1.29, 1.82) is 5.26 Å². The summed E-state index contributed by atoms with van der Waals surface area (Å²) in [4.78, 5) is 11.6. The van der Waals surface area contributed by atoms with Crippen molar-refractivity contribution in [2.24, 2.45) is 5.92 Å². The molecule has 1 aromatic carbocycles. The number of nitrogens with zero attached hydrogens (tertiary/aromatic N) is 1. The molecule has 1 atom stereocenters. The van der Waals surface area contributed by atoms with Gasteiger partial charge < -0.3 is 15.7 Å². The van der Waals surface area contributed by atoms with Crippen LogP contribution >= 0.6 is 0 Å². The van der Waals surface area contributed by atoms with Gasteiger partial charge in [0.1, 0.15) is 0 Å². The number of nitrogens with one attached hydrogen (secondary N) is 2. The topological polar surface area (TPSA) is 85.2 Å². The van der Waals surface area contributed by atoms with Gasteiger partial charge >= 0.3 is 0 Å². The quantitative estimate of drug-likeness (QED) is 0.686. The molecule has 19 heavy (non-hydrogen) atoms. The summed E-state index contributed by atoms with van der Waals surface area (Å²) in [5.74, 6) is 0.179. The molecule has 0 aliphatic rings. The monoisotopic (exact) mass is 261 g/mol. The van der Waals surface area contributed by atoms with Crippen LogP contribution in [0.25, 0.3) is 0 Å². The van der Waals surface area contributed by atoms with Gasteiger partial charge in [0.2, 0.25) is 5.91 Å². The average Bonchev–Trinajstić information content (AvgIpc) is 2.44. The number of hydrogen-bond acceptors (Lipinski definition) is 4. The molecule has 0 aliphatic carbocycles. The van der Waals surface area contributed by atoms with E-state index in [0.717, 1.165) is 5.69 Å². The fourth-order valence-electron chi connectivity index (χ4n) is 1.52. The zero-order valence-electron chi connectivity index (χ0n) is 11.0. The Bertz CT molecular complexity index is 437. The predicted molar refractivity (Wildman–Crippen MR) is 73.5 cm³/mol. The zero-order chi connectivity index (χ0) is 14.1. The summed E-state index contributed by atoms with van der Waals surface area (Å²) in [6, 6.07) is 8.96. The number of carbonyl (C=O) groups excluding carboxylic acids is 1. The summed E-state index contributed by atoms with van der Waals surface area (Å²) in [6.45, 7) is 2.87. The molecule has 5 heteroatoms. The van der Waals surface area contributed by atoms with Gasteiger partial charge in [0.05, 0.1) is 18.2 Å². The lowest BCUT2D eigenvalue weighted by molar-refractivity contribution is -0.119. The molecule has 3 N–H and O–H groups in total. The van der Waals surface area contributed by atoms with Gasteiger partial charge in [-0.05, 0) is 36.6 Å². The first-order valence-electron chi connectivity index (χ1n) is 6.27. The molecule has 0 bridgehead atoms. The molecule has 0 saturated carbocycles. The maximum absolute atomic E-state index is 11.6. The Kier molecular flexibility index (Phi) is 6.41. The van der Waals surface area contributed by atoms with Crippen LogP contribution in [0.1, 0.15) is 18.9 Å². The Morgan fingerprint density at radius 1 is 1.42 bits per heavy atom. The Labute approximate surface area is 113 Å². The number of hydrogen-bond donors (Lipinski definition) is 3. The first-order valence-corrected chi connectivity index (χ1v) is 6.27. The van der Waals surface area contributed by atoms with E-state index in [2.05, 4.69) is 10.6 Å². The Morgan fingerprint density at radius 3 is 2.68 bits per heavy atom. The predicted octanol–water partition coefficient (Wildman–Crippen LogP) is 1.10. The van der Waals surface area contributed by atoms with E-state index in [1.54, 1.807) is 24.3 Å². The number of benzene rings is 1. The summed E-state index contributed by atoms with van der Waals surface area (Å²) < 4.78 is 0. The van der Waals surface area contributed by atoms with Crippen molar-refractivity contribution in [3.63, 3.8) is 0 Å². The second-order valence-electron chi connectivity index (χ2n) is 4.46. The lowest BCUT2D eigenvalue weighted by Gasteiger charge is -2.12. The summed E-state index contributed by atoms with van der Waals surface area (Å²) in [5.41, 5.74) is 1.39. The molecular weight excluding hydrogens is 242 g/mol. The highest BCUT2D eigenvalue weighted by atomic mass is 16.3. The van der Waals surface area contributed by atoms with Crippen molar-refractivity contribution in [1.82, 2.24) is 5.32 Å². The van der Waals surface area contributed by atoms with E-state index >= 15 is 0 Å². The normalized spacial score (nSPS) is 11.4. The fourth-order valence-corrected chi connectivity index (χ4v) is 1.52. The van der Waals surface area contributed by atoms with Gasteiger partial charge in [0.25, 0.3) is 0 Å². The van der Waals surface area contributed by atoms with Crippen molar-refractivity contribution >= 4 is 11.6 Å². The number of aliphatic hydroxyl groups is 1. The van der Waals surface area contributed by atoms with Gasteiger partial charge in [-0.15, -0.1) is 0 Å². The molecule has 5 nitrogen and oxygen atoms in total. The minimum atomic E-state index is -0.0888. The van der Waals surface area contributed by atoms with Gasteiger partial charge in [0.15, 0.2) is 0 Å². The fraction of sp³-hybridized carbons (Fsp3) is 0.429. The van der Waals surface area contributed by atoms with E-state index in [1.165, 1.54) is 0 Å². The van der Waals surface area contributed by atoms with Crippen LogP contribution in [0.3, 0.4) is 0 Å². The zero-order valence-corrected chi connectivity index (χ0v) is 11.0. The van der Waals surface area contributed by atoms with Crippen LogP contribution in [0.2, 0.25) is 0 Å². The summed E-state index contributed by atoms with van der Waals surface area (Å²) in [7, 11) is 0. The smallest absolute Gasteiger partial charge is 0.239 e. The molecule has 1 unspecified atom stereocenters. The highest BCUT2D eigenvalue weighted by Gasteiger charge is 2.05. The van der Waals surface area contributed by atoms with Gasteiger partial charge in [-0.3, -0.25) is 4.79 Å². The van der Waals surface area contributed by atoms with Crippen LogP contribution in [0, 0.1) is 17.2 Å². The Morgan fingerprint density at radius 2 is 2.11 bits per heavy atom. The van der Waals surface area contributed by atoms with E-state index in [9.17, 15) is 4.79 Å². The summed E-state index contributed by atoms with van der Waals surface area (Å²) >= 11 is 0. The highest BCUT2D eigenvalue weighted by molar-refractivity contribution is 5.80. The van der Waals surface area contributed by atoms with Crippen molar-refractivity contribution in [2.75, 3.05) is 25.0 Å². The van der Waals surface area contributed by atoms with Crippen molar-refractivity contribution in [2.45, 2.75) is 13.3 Å². The van der Waals surface area contributed by atoms with Crippen LogP contribution in [-0.2, 0) is 4.79 Å². The number of rotatable bonds is 7. The summed E-state index contributed by atoms with van der Waals surface area (Å²) in [5, 5.41) is 23.2. The molecule has 1 aromatic rings. The molecule has 1 rings (SSSR count). The SMILES string of the molecule is CC(CCO)CNC(=O)CNc1ccc(C#N)cc1. The molecule has 0 spiro atoms. The van der Waals surface area contributed by atoms with E-state index in [4.69, 9.17) is 10.4 Å². The van der Waals surface area contributed by atoms with Crippen molar-refractivity contribution in [3.8, 4) is 6.07 Å². The lowest BCUT2D eigenvalue weighted by Crippen LogP contribution is -2.33. The molecule has 0 radical (unpaired) electrons. The van der Waals surface area contributed by atoms with E-state index < -0.39 is 0 Å². The third-order valence-corrected chi connectivity index (χ3v) is 2.74. The second-order valence-corrected chi connectivity index (χ2v) is 4.46. The number of anilines is 1. The van der Waals surface area contributed by atoms with Gasteiger partial charge in [-0.2, -0.15) is 5.26 Å². The second kappa shape index (κ2) is 8.11. The molecule has 0 aromatic heterocycles. The maximum Gasteiger partial charge on any atom is 0.239 e. The molecule has 0 fully saturated rings. The number of amides is 1. The van der Waals surface area contributed by atoms with E-state index in [-0.39, 0.29) is 25.0 Å². The van der Waals surface area contributed by atoms with Gasteiger partial charge in [0, 0.05) is 18.8 Å². The molecule has 0 heterocycles. The maximum atomic E-state index is 11.6. The lowest BCUT2D eigenvalue weighted by atomic mass is 10.1. The Balaban J connectivity index is 2.28. The van der Waals surface area contributed by atoms with Crippen molar-refractivity contribution in [3.05, 3.63) is 29.8 Å². The molecule has 1 amide bonds. The minimum Gasteiger partial charge on any atom is -0.396 e. The first-order chi connectivity index (χ1) is 9.15. The number of aliphatic hydroxyl groups excluding tert-OH is 1. The van der Waals surface area contributed by atoms with E-state index in [1.807, 2.05) is 13.0 Å². The number of nitriles is 1. The van der Waals surface area contributed by atoms with Gasteiger partial charge in [-0.25, -0.2) is 0 Å². The third-order valence-electron chi connectivity index (χ3n) is 2.74. The van der Waals surface area contributed by atoms with Crippen LogP contribution in [-0.4, -0.2) is 30.7 Å². The largest absolute Gasteiger partial charge is 0.396 e. The summed E-state index contributed by atoms with van der Waals surface area (Å²) in [6.07, 6.45) is 0.684. The van der Waals surface area contributed by atoms with Crippen LogP contribution < -0.4 is 10.6 Å². The van der Waals surface area contributed by atoms with Crippen LogP contribution in [0.15, 0.2) is 24.3 Å². The van der Waals surface area contributed by atoms with E-state index in [0.29, 0.717) is 18.5 Å². The molecule has 0 aliphatic heterocycles. The molecule has 0 saturated heterocycles. The van der Waals surface area contributed by atoms with Crippen LogP contribution in [0.5, 0.6) is 0 Å². The van der Waals surface area contributed by atoms with Gasteiger partial charge in [-0.1, -0.05) is 6.92 Å². The molecular formula is C14H19N3O2. The average molecular weight is 261 g/mol. The number of carbonyl (C=O) groups is 1. The minimum absolute atomic E-state index is 0.0888. The van der Waals surface area contributed by atoms with Crippen LogP contribution in [0.4, 0.5) is 5.69 Å². The Hall–Kier alpha value is -2.06. The third kappa shape index (κ3) is 5.89. The molecule has 102 valence electrons.